The number of carboxylic acids is 1. The third kappa shape index (κ3) is 6.19. The molecule has 1 unspecified atom stereocenters. The summed E-state index contributed by atoms with van der Waals surface area (Å²) in [6.45, 7) is 3.70. The first-order chi connectivity index (χ1) is 9.49. The number of benzene rings is 1. The van der Waals surface area contributed by atoms with Crippen molar-refractivity contribution in [2.24, 2.45) is 0 Å². The lowest BCUT2D eigenvalue weighted by Crippen LogP contribution is -2.33. The molecule has 0 aliphatic carbocycles. The van der Waals surface area contributed by atoms with Crippen molar-refractivity contribution < 1.29 is 24.2 Å². The van der Waals surface area contributed by atoms with Crippen LogP contribution in [0.25, 0.3) is 0 Å². The van der Waals surface area contributed by atoms with E-state index in [-0.39, 0.29) is 25.7 Å². The van der Waals surface area contributed by atoms with Crippen LogP contribution in [-0.4, -0.2) is 42.8 Å². The van der Waals surface area contributed by atoms with Gasteiger partial charge in [-0.1, -0.05) is 17.7 Å². The molecule has 1 aromatic carbocycles. The Bertz CT molecular complexity index is 443. The van der Waals surface area contributed by atoms with Crippen molar-refractivity contribution in [3.05, 3.63) is 29.8 Å². The molecule has 0 saturated heterocycles. The first-order valence-electron chi connectivity index (χ1n) is 6.29. The summed E-state index contributed by atoms with van der Waals surface area (Å²) in [6.07, 6.45) is -0.879. The first-order valence-corrected chi connectivity index (χ1v) is 6.29. The smallest absolute Gasteiger partial charge is 0.332 e. The lowest BCUT2D eigenvalue weighted by Gasteiger charge is -2.10. The Morgan fingerprint density at radius 1 is 1.30 bits per heavy atom. The summed E-state index contributed by atoms with van der Waals surface area (Å²) in [6, 6.07) is 7.38. The number of carbonyl (C=O) groups excluding carboxylic acids is 1. The van der Waals surface area contributed by atoms with Crippen LogP contribution in [0, 0.1) is 6.92 Å². The average molecular weight is 281 g/mol. The maximum atomic E-state index is 11.5. The van der Waals surface area contributed by atoms with Crippen molar-refractivity contribution in [2.45, 2.75) is 20.0 Å². The Hall–Kier alpha value is -2.08. The van der Waals surface area contributed by atoms with Crippen LogP contribution in [0.2, 0.25) is 0 Å². The van der Waals surface area contributed by atoms with Crippen molar-refractivity contribution >= 4 is 11.9 Å². The zero-order valence-corrected chi connectivity index (χ0v) is 11.6. The number of aliphatic carboxylic acids is 1. The highest BCUT2D eigenvalue weighted by Gasteiger charge is 2.10. The minimum absolute atomic E-state index is 0.0858. The third-order valence-corrected chi connectivity index (χ3v) is 2.53. The standard InChI is InChI=1S/C14H19NO5/c1-10-3-5-12(6-4-10)20-9-13(16)15-7-8-19-11(2)14(17)18/h3-6,11H,7-9H2,1-2H3,(H,15,16)(H,17,18). The molecule has 0 saturated carbocycles. The zero-order chi connectivity index (χ0) is 15.0. The summed E-state index contributed by atoms with van der Waals surface area (Å²) in [5, 5.41) is 11.2. The van der Waals surface area contributed by atoms with Gasteiger partial charge in [-0.2, -0.15) is 0 Å². The van der Waals surface area contributed by atoms with Crippen molar-refractivity contribution in [3.63, 3.8) is 0 Å². The van der Waals surface area contributed by atoms with Crippen molar-refractivity contribution in [1.29, 1.82) is 0 Å². The van der Waals surface area contributed by atoms with Gasteiger partial charge in [0, 0.05) is 6.54 Å². The molecule has 1 amide bonds. The van der Waals surface area contributed by atoms with E-state index in [1.54, 1.807) is 12.1 Å². The van der Waals surface area contributed by atoms with Crippen LogP contribution in [-0.2, 0) is 14.3 Å². The van der Waals surface area contributed by atoms with Crippen molar-refractivity contribution in [3.8, 4) is 5.75 Å². The summed E-state index contributed by atoms with van der Waals surface area (Å²) in [4.78, 5) is 21.9. The van der Waals surface area contributed by atoms with E-state index in [0.29, 0.717) is 5.75 Å². The SMILES string of the molecule is Cc1ccc(OCC(=O)NCCOC(C)C(=O)O)cc1. The van der Waals surface area contributed by atoms with E-state index >= 15 is 0 Å². The molecule has 0 radical (unpaired) electrons. The predicted molar refractivity (Wildman–Crippen MR) is 72.7 cm³/mol. The molecule has 0 aliphatic rings. The molecular weight excluding hydrogens is 262 g/mol. The molecule has 6 nitrogen and oxygen atoms in total. The molecule has 1 atom stereocenters. The first kappa shape index (κ1) is 16.0. The monoisotopic (exact) mass is 281 g/mol. The summed E-state index contributed by atoms with van der Waals surface area (Å²) in [5.41, 5.74) is 1.12. The maximum absolute atomic E-state index is 11.5. The van der Waals surface area contributed by atoms with Gasteiger partial charge in [0.15, 0.2) is 12.7 Å². The predicted octanol–water partition coefficient (Wildman–Crippen LogP) is 0.980. The molecule has 0 fully saturated rings. The van der Waals surface area contributed by atoms with E-state index in [1.807, 2.05) is 19.1 Å². The number of carboxylic acid groups (broad SMARTS) is 1. The third-order valence-electron chi connectivity index (χ3n) is 2.53. The molecule has 6 heteroatoms. The van der Waals surface area contributed by atoms with Gasteiger partial charge < -0.3 is 19.9 Å². The lowest BCUT2D eigenvalue weighted by atomic mass is 10.2. The highest BCUT2D eigenvalue weighted by atomic mass is 16.5. The summed E-state index contributed by atoms with van der Waals surface area (Å²) in [7, 11) is 0. The molecule has 1 rings (SSSR count). The van der Waals surface area contributed by atoms with Gasteiger partial charge in [-0.25, -0.2) is 4.79 Å². The number of rotatable bonds is 8. The fourth-order valence-corrected chi connectivity index (χ4v) is 1.33. The average Bonchev–Trinajstić information content (AvgIpc) is 2.42. The zero-order valence-electron chi connectivity index (χ0n) is 11.6. The van der Waals surface area contributed by atoms with Crippen LogP contribution in [0.1, 0.15) is 12.5 Å². The summed E-state index contributed by atoms with van der Waals surface area (Å²) in [5.74, 6) is -0.683. The second kappa shape index (κ2) is 8.16. The molecule has 2 N–H and O–H groups in total. The van der Waals surface area contributed by atoms with Crippen LogP contribution < -0.4 is 10.1 Å². The topological polar surface area (TPSA) is 84.9 Å². The van der Waals surface area contributed by atoms with E-state index in [4.69, 9.17) is 14.6 Å². The molecule has 1 aromatic rings. The fourth-order valence-electron chi connectivity index (χ4n) is 1.33. The maximum Gasteiger partial charge on any atom is 0.332 e. The van der Waals surface area contributed by atoms with Crippen LogP contribution in [0.4, 0.5) is 0 Å². The van der Waals surface area contributed by atoms with Crippen LogP contribution >= 0.6 is 0 Å². The number of hydrogen-bond donors (Lipinski definition) is 2. The Morgan fingerprint density at radius 2 is 1.95 bits per heavy atom. The molecule has 0 heterocycles. The molecule has 20 heavy (non-hydrogen) atoms. The van der Waals surface area contributed by atoms with E-state index < -0.39 is 12.1 Å². The number of ether oxygens (including phenoxy) is 2. The van der Waals surface area contributed by atoms with Gasteiger partial charge in [-0.15, -0.1) is 0 Å². The van der Waals surface area contributed by atoms with Gasteiger partial charge >= 0.3 is 5.97 Å². The van der Waals surface area contributed by atoms with E-state index in [0.717, 1.165) is 5.56 Å². The lowest BCUT2D eigenvalue weighted by molar-refractivity contribution is -0.149. The number of nitrogens with one attached hydrogen (secondary N) is 1. The molecule has 0 spiro atoms. The van der Waals surface area contributed by atoms with Crippen molar-refractivity contribution in [2.75, 3.05) is 19.8 Å². The quantitative estimate of drug-likeness (QED) is 0.694. The molecule has 0 aromatic heterocycles. The number of hydrogen-bond acceptors (Lipinski definition) is 4. The van der Waals surface area contributed by atoms with E-state index in [2.05, 4.69) is 5.32 Å². The van der Waals surface area contributed by atoms with Gasteiger partial charge in [0.1, 0.15) is 5.75 Å². The Kier molecular flexibility index (Phi) is 6.52. The van der Waals surface area contributed by atoms with Crippen molar-refractivity contribution in [1.82, 2.24) is 5.32 Å². The highest BCUT2D eigenvalue weighted by molar-refractivity contribution is 5.77. The number of amides is 1. The normalized spacial score (nSPS) is 11.7. The van der Waals surface area contributed by atoms with Gasteiger partial charge in [0.25, 0.3) is 5.91 Å². The Morgan fingerprint density at radius 3 is 2.55 bits per heavy atom. The Balaban J connectivity index is 2.14. The minimum atomic E-state index is -1.03. The number of carbonyl (C=O) groups is 2. The Labute approximate surface area is 117 Å². The van der Waals surface area contributed by atoms with Gasteiger partial charge in [-0.3, -0.25) is 4.79 Å². The van der Waals surface area contributed by atoms with Gasteiger partial charge in [-0.05, 0) is 26.0 Å². The second-order valence-corrected chi connectivity index (χ2v) is 4.30. The van der Waals surface area contributed by atoms with Gasteiger partial charge in [0.05, 0.1) is 6.61 Å². The van der Waals surface area contributed by atoms with Crippen LogP contribution in [0.3, 0.4) is 0 Å². The van der Waals surface area contributed by atoms with Crippen LogP contribution in [0.15, 0.2) is 24.3 Å². The van der Waals surface area contributed by atoms with Gasteiger partial charge in [0.2, 0.25) is 0 Å². The second-order valence-electron chi connectivity index (χ2n) is 4.30. The molecular formula is C14H19NO5. The van der Waals surface area contributed by atoms with Crippen LogP contribution in [0.5, 0.6) is 5.75 Å². The molecule has 110 valence electrons. The molecule has 0 bridgehead atoms. The fraction of sp³-hybridized carbons (Fsp3) is 0.429. The molecule has 0 aliphatic heterocycles. The minimum Gasteiger partial charge on any atom is -0.484 e. The largest absolute Gasteiger partial charge is 0.484 e. The van der Waals surface area contributed by atoms with E-state index in [9.17, 15) is 9.59 Å². The number of aryl methyl sites for hydroxylation is 1. The highest BCUT2D eigenvalue weighted by Crippen LogP contribution is 2.10. The summed E-state index contributed by atoms with van der Waals surface area (Å²) >= 11 is 0. The van der Waals surface area contributed by atoms with E-state index in [1.165, 1.54) is 6.92 Å². The summed E-state index contributed by atoms with van der Waals surface area (Å²) < 4.78 is 10.3.